The van der Waals surface area contributed by atoms with E-state index in [0.717, 1.165) is 0 Å². The normalized spacial score (nSPS) is 23.1. The minimum atomic E-state index is -2.54. The summed E-state index contributed by atoms with van der Waals surface area (Å²) in [6, 6.07) is 6.15. The molecule has 3 heterocycles. The number of rotatable bonds is 9. The molecule has 3 rings (SSSR count). The Morgan fingerprint density at radius 2 is 1.43 bits per heavy atom. The first-order valence-corrected chi connectivity index (χ1v) is 26.0. The molecule has 0 saturated carbocycles. The number of nitrogens with zero attached hydrogens (tertiary/aromatic N) is 4. The first-order valence-electron chi connectivity index (χ1n) is 17.3. The molecule has 1 saturated heterocycles. The summed E-state index contributed by atoms with van der Waals surface area (Å²) in [7, 11) is -7.20. The highest BCUT2D eigenvalue weighted by atomic mass is 28.4. The van der Waals surface area contributed by atoms with Crippen molar-refractivity contribution in [2.45, 2.75) is 167 Å². The number of hydrogen-bond acceptors (Lipinski definition) is 9. The van der Waals surface area contributed by atoms with E-state index in [2.05, 4.69) is 123 Å². The number of amides is 1. The highest BCUT2D eigenvalue weighted by Gasteiger charge is 2.63. The van der Waals surface area contributed by atoms with Crippen molar-refractivity contribution in [2.75, 3.05) is 11.9 Å². The Morgan fingerprint density at radius 3 is 1.92 bits per heavy atom. The summed E-state index contributed by atoms with van der Waals surface area (Å²) in [6.45, 7) is 38.6. The first kappa shape index (κ1) is 41.3. The number of aromatic nitrogens is 3. The average molecular weight is 734 g/mol. The van der Waals surface area contributed by atoms with Crippen LogP contribution in [0.15, 0.2) is 18.5 Å². The van der Waals surface area contributed by atoms with E-state index in [9.17, 15) is 10.1 Å². The summed E-state index contributed by atoms with van der Waals surface area (Å²) >= 11 is 0. The van der Waals surface area contributed by atoms with Crippen molar-refractivity contribution in [1.29, 1.82) is 5.26 Å². The van der Waals surface area contributed by atoms with E-state index < -0.39 is 60.6 Å². The molecular formula is C35H63N5O6Si3. The van der Waals surface area contributed by atoms with Crippen LogP contribution in [0, 0.1) is 11.3 Å². The maximum Gasteiger partial charge on any atom is 0.413 e. The second-order valence-corrected chi connectivity index (χ2v) is 33.3. The van der Waals surface area contributed by atoms with E-state index in [0.29, 0.717) is 11.2 Å². The Kier molecular flexibility index (Phi) is 11.3. The van der Waals surface area contributed by atoms with Crippen LogP contribution in [0.5, 0.6) is 0 Å². The minimum absolute atomic E-state index is 0.0308. The zero-order valence-corrected chi connectivity index (χ0v) is 36.4. The van der Waals surface area contributed by atoms with E-state index in [1.54, 1.807) is 37.4 Å². The Balaban J connectivity index is 2.29. The summed E-state index contributed by atoms with van der Waals surface area (Å²) < 4.78 is 35.5. The predicted molar refractivity (Wildman–Crippen MR) is 202 cm³/mol. The molecule has 1 N–H and O–H groups in total. The number of carbonyl (C=O) groups is 1. The summed E-state index contributed by atoms with van der Waals surface area (Å²) in [5.41, 5.74) is -1.39. The predicted octanol–water partition coefficient (Wildman–Crippen LogP) is 9.00. The number of nitrogens with one attached hydrogen (secondary N) is 1. The summed E-state index contributed by atoms with van der Waals surface area (Å²) in [5, 5.41) is 18.3. The first-order chi connectivity index (χ1) is 21.9. The van der Waals surface area contributed by atoms with Crippen molar-refractivity contribution in [3.63, 3.8) is 0 Å². The van der Waals surface area contributed by atoms with E-state index in [-0.39, 0.29) is 27.5 Å². The van der Waals surface area contributed by atoms with Gasteiger partial charge in [0.25, 0.3) is 0 Å². The average Bonchev–Trinajstić information content (AvgIpc) is 3.45. The van der Waals surface area contributed by atoms with Crippen molar-refractivity contribution in [1.82, 2.24) is 14.6 Å². The second-order valence-electron chi connectivity index (χ2n) is 19.0. The number of hydrogen-bond donors (Lipinski definition) is 1. The number of anilines is 1. The molecule has 0 bridgehead atoms. The molecule has 49 heavy (non-hydrogen) atoms. The Labute approximate surface area is 298 Å². The third-order valence-corrected chi connectivity index (χ3v) is 24.3. The summed E-state index contributed by atoms with van der Waals surface area (Å²) in [6.07, 6.45) is -1.33. The zero-order valence-electron chi connectivity index (χ0n) is 33.4. The minimum Gasteiger partial charge on any atom is -0.444 e. The number of fused-ring (bicyclic) bond motifs is 1. The zero-order chi connectivity index (χ0) is 37.8. The molecule has 1 fully saturated rings. The van der Waals surface area contributed by atoms with Crippen LogP contribution in [0.2, 0.25) is 54.4 Å². The SMILES string of the molecule is CC(C)(C)OC(=O)Nc1ncnn2c([C@]3(C#N)O[C@H](CO[Si](C)(C)C(C)(C)C)C(O[Si](C)(C)C(C)(C)C)C3O[Si](C)(C)C(C)(C)C)ccc12. The molecule has 0 aliphatic carbocycles. The van der Waals surface area contributed by atoms with Gasteiger partial charge < -0.3 is 22.8 Å². The van der Waals surface area contributed by atoms with Crippen LogP contribution in [-0.2, 0) is 28.4 Å². The topological polar surface area (TPSA) is 129 Å². The molecule has 276 valence electrons. The van der Waals surface area contributed by atoms with Crippen LogP contribution in [0.3, 0.4) is 0 Å². The van der Waals surface area contributed by atoms with Gasteiger partial charge in [-0.2, -0.15) is 10.4 Å². The van der Waals surface area contributed by atoms with Crippen molar-refractivity contribution in [3.05, 3.63) is 24.2 Å². The van der Waals surface area contributed by atoms with E-state index in [1.165, 1.54) is 6.33 Å². The molecular weight excluding hydrogens is 671 g/mol. The van der Waals surface area contributed by atoms with E-state index in [4.69, 9.17) is 22.8 Å². The van der Waals surface area contributed by atoms with Crippen molar-refractivity contribution < 1.29 is 27.5 Å². The number of nitriles is 1. The lowest BCUT2D eigenvalue weighted by Gasteiger charge is -2.45. The molecule has 14 heteroatoms. The van der Waals surface area contributed by atoms with Crippen molar-refractivity contribution in [2.24, 2.45) is 0 Å². The van der Waals surface area contributed by atoms with Gasteiger partial charge in [-0.15, -0.1) is 0 Å². The van der Waals surface area contributed by atoms with Crippen LogP contribution in [0.4, 0.5) is 10.6 Å². The molecule has 11 nitrogen and oxygen atoms in total. The molecule has 2 unspecified atom stereocenters. The van der Waals surface area contributed by atoms with Gasteiger partial charge in [-0.3, -0.25) is 5.32 Å². The van der Waals surface area contributed by atoms with Gasteiger partial charge >= 0.3 is 6.09 Å². The molecule has 2 aromatic rings. The fourth-order valence-electron chi connectivity index (χ4n) is 4.80. The van der Waals surface area contributed by atoms with Gasteiger partial charge in [0.2, 0.25) is 5.60 Å². The molecule has 1 aliphatic rings. The van der Waals surface area contributed by atoms with Crippen LogP contribution in [0.25, 0.3) is 5.52 Å². The molecule has 0 radical (unpaired) electrons. The summed E-state index contributed by atoms with van der Waals surface area (Å²) in [5.74, 6) is 0.246. The van der Waals surface area contributed by atoms with Gasteiger partial charge in [-0.05, 0) is 87.3 Å². The highest BCUT2D eigenvalue weighted by molar-refractivity contribution is 6.75. The fraction of sp³-hybridized carbons (Fsp3) is 0.771. The molecule has 0 spiro atoms. The third kappa shape index (κ3) is 8.68. The van der Waals surface area contributed by atoms with Crippen LogP contribution in [-0.4, -0.2) is 76.2 Å². The molecule has 2 aromatic heterocycles. The van der Waals surface area contributed by atoms with Gasteiger partial charge in [0.05, 0.1) is 12.3 Å². The molecule has 1 amide bonds. The molecule has 0 aromatic carbocycles. The van der Waals surface area contributed by atoms with Gasteiger partial charge in [-0.1, -0.05) is 62.3 Å². The quantitative estimate of drug-likeness (QED) is 0.251. The maximum absolute atomic E-state index is 12.8. The lowest BCUT2D eigenvalue weighted by molar-refractivity contribution is -0.0601. The van der Waals surface area contributed by atoms with E-state index >= 15 is 0 Å². The number of ether oxygens (including phenoxy) is 2. The van der Waals surface area contributed by atoms with Crippen molar-refractivity contribution >= 4 is 42.4 Å². The Hall–Kier alpha value is -2.13. The lowest BCUT2D eigenvalue weighted by Crippen LogP contribution is -2.56. The lowest BCUT2D eigenvalue weighted by atomic mass is 9.92. The van der Waals surface area contributed by atoms with Crippen LogP contribution < -0.4 is 5.32 Å². The van der Waals surface area contributed by atoms with Crippen LogP contribution >= 0.6 is 0 Å². The smallest absolute Gasteiger partial charge is 0.413 e. The largest absolute Gasteiger partial charge is 0.444 e. The molecule has 4 atom stereocenters. The third-order valence-electron chi connectivity index (χ3n) is 10.9. The van der Waals surface area contributed by atoms with Gasteiger partial charge in [0.1, 0.15) is 41.8 Å². The standard InChI is InChI=1S/C35H63N5O6Si3/c1-31(2,3)44-30(41)39-29-24-19-20-26(40(24)38-23-37-29)35(22-36)28(46-49(17,18)34(10,11)12)27(45-48(15,16)33(7,8)9)25(43-35)21-42-47(13,14)32(4,5)6/h19-20,23,25,27-28H,21H2,1-18H3,(H,37,38,39,41)/t25-,27?,28?,35+/m1/s1. The molecule has 1 aliphatic heterocycles. The number of carbonyl (C=O) groups excluding carboxylic acids is 1. The Morgan fingerprint density at radius 1 is 0.898 bits per heavy atom. The van der Waals surface area contributed by atoms with E-state index in [1.807, 2.05) is 0 Å². The monoisotopic (exact) mass is 733 g/mol. The maximum atomic E-state index is 12.8. The fourth-order valence-corrected chi connectivity index (χ4v) is 8.41. The van der Waals surface area contributed by atoms with Gasteiger partial charge in [0.15, 0.2) is 30.8 Å². The summed E-state index contributed by atoms with van der Waals surface area (Å²) in [4.78, 5) is 17.1. The van der Waals surface area contributed by atoms with Gasteiger partial charge in [-0.25, -0.2) is 14.3 Å². The van der Waals surface area contributed by atoms with Crippen LogP contribution in [0.1, 0.15) is 88.8 Å². The Bertz CT molecular complexity index is 1540. The van der Waals surface area contributed by atoms with Gasteiger partial charge in [0, 0.05) is 0 Å². The van der Waals surface area contributed by atoms with Crippen molar-refractivity contribution in [3.8, 4) is 6.07 Å². The second kappa shape index (κ2) is 13.4. The highest BCUT2D eigenvalue weighted by Crippen LogP contribution is 2.50.